The lowest BCUT2D eigenvalue weighted by molar-refractivity contribution is 0.203. The first kappa shape index (κ1) is 93.7. The summed E-state index contributed by atoms with van der Waals surface area (Å²) in [5, 5.41) is 0. The van der Waals surface area contributed by atoms with Crippen LogP contribution in [0, 0.1) is 0 Å². The third-order valence-corrected chi connectivity index (χ3v) is 10.8. The third-order valence-electron chi connectivity index (χ3n) is 10.8. The molecular weight excluding hydrogens is 918 g/mol. The molecule has 75 heavy (non-hydrogen) atoms. The van der Waals surface area contributed by atoms with Crippen LogP contribution in [0.2, 0.25) is 0 Å². The number of hydrogen-bond acceptors (Lipinski definition) is 9. The summed E-state index contributed by atoms with van der Waals surface area (Å²) in [5.41, 5.74) is 17.1. The van der Waals surface area contributed by atoms with E-state index in [-0.39, 0.29) is 33.0 Å². The van der Waals surface area contributed by atoms with Gasteiger partial charge in [0.1, 0.15) is 0 Å². The molecule has 0 aromatic heterocycles. The van der Waals surface area contributed by atoms with Crippen molar-refractivity contribution >= 4 is 19.8 Å². The van der Waals surface area contributed by atoms with Gasteiger partial charge in [0, 0.05) is 83.2 Å². The minimum Gasteiger partial charge on any atom is -0.369 e. The molecule has 0 aliphatic carbocycles. The van der Waals surface area contributed by atoms with Crippen LogP contribution in [0.1, 0.15) is 220 Å². The zero-order chi connectivity index (χ0) is 55.2. The summed E-state index contributed by atoms with van der Waals surface area (Å²) in [7, 11) is 0. The van der Waals surface area contributed by atoms with Gasteiger partial charge in [0.05, 0.1) is 0 Å². The predicted octanol–water partition coefficient (Wildman–Crippen LogP) is 19.0. The Morgan fingerprint density at radius 1 is 0.320 bits per heavy atom. The van der Waals surface area contributed by atoms with Crippen LogP contribution in [0.25, 0.3) is 0 Å². The predicted molar refractivity (Wildman–Crippen MR) is 352 cm³/mol. The quantitative estimate of drug-likeness (QED) is 0.124. The molecular formula is C65H133BN9. The lowest BCUT2D eigenvalue weighted by Gasteiger charge is -2.34. The minimum atomic E-state index is 0. The molecule has 441 valence electrons. The van der Waals surface area contributed by atoms with E-state index in [0.29, 0.717) is 30.2 Å². The van der Waals surface area contributed by atoms with Crippen molar-refractivity contribution in [3.8, 4) is 0 Å². The average Bonchev–Trinajstić information content (AvgIpc) is 4.07. The second kappa shape index (κ2) is 62.8. The molecule has 0 saturated carbocycles. The fourth-order valence-corrected chi connectivity index (χ4v) is 7.68. The highest BCUT2D eigenvalue weighted by molar-refractivity contribution is 5.75. The number of nitrogens with zero attached hydrogens (tertiary/aromatic N) is 4. The van der Waals surface area contributed by atoms with Gasteiger partial charge in [-0.05, 0) is 133 Å². The Balaban J connectivity index is -0.0000000826. The Bertz CT molecular complexity index is 1670. The Labute approximate surface area is 473 Å². The highest BCUT2D eigenvalue weighted by Gasteiger charge is 2.21. The molecule has 0 spiro atoms. The second-order valence-corrected chi connectivity index (χ2v) is 16.8. The molecule has 4 aliphatic heterocycles. The van der Waals surface area contributed by atoms with Crippen molar-refractivity contribution in [2.45, 2.75) is 256 Å². The van der Waals surface area contributed by atoms with Crippen LogP contribution in [0.5, 0.6) is 0 Å². The normalized spacial score (nSPS) is 12.1. The van der Waals surface area contributed by atoms with Crippen molar-refractivity contribution in [3.63, 3.8) is 0 Å². The van der Waals surface area contributed by atoms with Gasteiger partial charge >= 0.3 is 0 Å². The standard InChI is InChI=1S/2C12H17N.2C11H15N.C3H9N.8C2H6.B.4H3N/c1-10(2)13-9-5-7-11-6-3-4-8-12(11)13;1-10(2)13-8-7-11-5-3-4-6-12(11)9-13;1-9(2)12-7-10-5-3-4-6-11(10)8-12;1-9(2)12-8-7-10-5-3-4-6-11(10)12;1-3(2)4;8*1-2;;;;;/h3-4,6,8,10H,5,7,9H2,1-2H3;3-6,10H,7-9H2,1-2H3;2*3-6,9H,7-8H2,1-2H3;3H,4H2,1-2H3;8*1-2H3;;4*1H3. The largest absolute Gasteiger partial charge is 0.369 e. The van der Waals surface area contributed by atoms with Gasteiger partial charge in [0.15, 0.2) is 0 Å². The van der Waals surface area contributed by atoms with Crippen molar-refractivity contribution in [1.82, 2.24) is 34.4 Å². The highest BCUT2D eigenvalue weighted by Crippen LogP contribution is 2.30. The summed E-state index contributed by atoms with van der Waals surface area (Å²) in [6.45, 7) is 61.0. The first-order valence-corrected chi connectivity index (χ1v) is 28.9. The second-order valence-electron chi connectivity index (χ2n) is 16.8. The first-order valence-electron chi connectivity index (χ1n) is 28.9. The van der Waals surface area contributed by atoms with Crippen molar-refractivity contribution in [1.29, 1.82) is 0 Å². The minimum absolute atomic E-state index is 0. The number of rotatable bonds is 4. The fourth-order valence-electron chi connectivity index (χ4n) is 7.68. The van der Waals surface area contributed by atoms with E-state index in [9.17, 15) is 0 Å². The van der Waals surface area contributed by atoms with Gasteiger partial charge in [-0.2, -0.15) is 0 Å². The summed E-state index contributed by atoms with van der Waals surface area (Å²) in [5.74, 6) is 0. The van der Waals surface area contributed by atoms with Crippen LogP contribution < -0.4 is 40.1 Å². The summed E-state index contributed by atoms with van der Waals surface area (Å²) < 4.78 is 0. The van der Waals surface area contributed by atoms with Gasteiger partial charge in [-0.1, -0.05) is 210 Å². The van der Waals surface area contributed by atoms with E-state index in [0.717, 1.165) is 19.6 Å². The van der Waals surface area contributed by atoms with Gasteiger partial charge in [0.25, 0.3) is 0 Å². The lowest BCUT2D eigenvalue weighted by Crippen LogP contribution is -2.35. The molecule has 3 radical (unpaired) electrons. The molecule has 4 heterocycles. The van der Waals surface area contributed by atoms with Crippen LogP contribution in [-0.2, 0) is 38.9 Å². The number of aryl methyl sites for hydroxylation is 1. The van der Waals surface area contributed by atoms with E-state index in [1.54, 1.807) is 5.56 Å². The summed E-state index contributed by atoms with van der Waals surface area (Å²) in [6, 6.07) is 37.9. The van der Waals surface area contributed by atoms with E-state index in [4.69, 9.17) is 5.73 Å². The van der Waals surface area contributed by atoms with E-state index >= 15 is 0 Å². The molecule has 0 atom stereocenters. The van der Waals surface area contributed by atoms with E-state index in [1.807, 2.05) is 125 Å². The third kappa shape index (κ3) is 38.5. The maximum Gasteiger partial charge on any atom is 0.0401 e. The number of para-hydroxylation sites is 2. The number of fused-ring (bicyclic) bond motifs is 4. The fraction of sp³-hybridized carbons (Fsp3) is 0.631. The first-order chi connectivity index (χ1) is 33.8. The Hall–Kier alpha value is -3.74. The monoisotopic (exact) mass is 1050 g/mol. The van der Waals surface area contributed by atoms with Crippen LogP contribution in [-0.4, -0.2) is 68.1 Å². The molecule has 0 amide bonds. The topological polar surface area (TPSA) is 179 Å². The SMILES string of the molecule is CC.CC.CC.CC.CC.CC.CC.CC.CC(C)N.CC(C)N1CCCc2ccccc21.CC(C)N1CCc2ccccc21.CC(C)N1CCc2ccccc2C1.CC(C)N1Cc2ccccc2C1.N.N.N.N.[B]. The van der Waals surface area contributed by atoms with Gasteiger partial charge < -0.3 is 40.1 Å². The van der Waals surface area contributed by atoms with Crippen molar-refractivity contribution in [3.05, 3.63) is 130 Å². The molecule has 0 fully saturated rings. The smallest absolute Gasteiger partial charge is 0.0401 e. The molecule has 0 bridgehead atoms. The molecule has 0 unspecified atom stereocenters. The molecule has 4 aromatic rings. The Morgan fingerprint density at radius 2 is 0.573 bits per heavy atom. The number of anilines is 2. The molecule has 8 rings (SSSR count). The van der Waals surface area contributed by atoms with Crippen LogP contribution in [0.3, 0.4) is 0 Å². The summed E-state index contributed by atoms with van der Waals surface area (Å²) >= 11 is 0. The van der Waals surface area contributed by atoms with Crippen molar-refractivity contribution in [2.75, 3.05) is 29.4 Å². The van der Waals surface area contributed by atoms with Crippen molar-refractivity contribution < 1.29 is 0 Å². The zero-order valence-corrected chi connectivity index (χ0v) is 55.0. The molecule has 0 saturated heterocycles. The highest BCUT2D eigenvalue weighted by atomic mass is 15.2. The Kier molecular flexibility index (Phi) is 78.5. The average molecular weight is 1050 g/mol. The molecule has 10 heteroatoms. The van der Waals surface area contributed by atoms with Crippen LogP contribution in [0.15, 0.2) is 97.1 Å². The molecule has 4 aromatic carbocycles. The van der Waals surface area contributed by atoms with E-state index in [2.05, 4.69) is 172 Å². The Morgan fingerprint density at radius 3 is 0.907 bits per heavy atom. The van der Waals surface area contributed by atoms with Crippen LogP contribution in [0.4, 0.5) is 11.4 Å². The van der Waals surface area contributed by atoms with E-state index in [1.165, 1.54) is 84.5 Å². The van der Waals surface area contributed by atoms with Gasteiger partial charge in [-0.25, -0.2) is 0 Å². The van der Waals surface area contributed by atoms with Gasteiger partial charge in [-0.15, -0.1) is 0 Å². The van der Waals surface area contributed by atoms with Gasteiger partial charge in [-0.3, -0.25) is 9.80 Å². The molecule has 4 aliphatic rings. The van der Waals surface area contributed by atoms with Crippen LogP contribution >= 0.6 is 0 Å². The summed E-state index contributed by atoms with van der Waals surface area (Å²) in [6.07, 6.45) is 4.98. The molecule has 14 N–H and O–H groups in total. The lowest BCUT2D eigenvalue weighted by atomic mass is 9.99. The number of hydrogen-bond donors (Lipinski definition) is 5. The zero-order valence-electron chi connectivity index (χ0n) is 55.0. The summed E-state index contributed by atoms with van der Waals surface area (Å²) in [4.78, 5) is 9.99. The number of nitrogens with two attached hydrogens (primary N) is 1. The number of benzene rings is 4. The van der Waals surface area contributed by atoms with E-state index < -0.39 is 0 Å². The molecule has 9 nitrogen and oxygen atoms in total. The maximum absolute atomic E-state index is 5.11. The van der Waals surface area contributed by atoms with Gasteiger partial charge in [0.2, 0.25) is 0 Å². The maximum atomic E-state index is 5.11. The van der Waals surface area contributed by atoms with Crippen molar-refractivity contribution in [2.24, 2.45) is 5.73 Å².